The number of carbonyl (C=O) groups excluding carboxylic acids is 2. The molecule has 1 saturated carbocycles. The van der Waals surface area contributed by atoms with Crippen LogP contribution in [-0.2, 0) is 11.3 Å². The topological polar surface area (TPSA) is 67.4 Å². The summed E-state index contributed by atoms with van der Waals surface area (Å²) in [5.74, 6) is 0.582. The molecule has 0 bridgehead atoms. The highest BCUT2D eigenvalue weighted by Gasteiger charge is 2.29. The fourth-order valence-corrected chi connectivity index (χ4v) is 2.60. The smallest absolute Gasteiger partial charge is 0.255 e. The van der Waals surface area contributed by atoms with E-state index in [1.54, 1.807) is 30.3 Å². The van der Waals surface area contributed by atoms with Gasteiger partial charge >= 0.3 is 0 Å². The van der Waals surface area contributed by atoms with Gasteiger partial charge in [0.15, 0.2) is 0 Å². The molecule has 2 N–H and O–H groups in total. The molecule has 2 aromatic rings. The van der Waals surface area contributed by atoms with E-state index in [9.17, 15) is 9.59 Å². The molecule has 6 heteroatoms. The number of anilines is 1. The predicted molar refractivity (Wildman–Crippen MR) is 97.0 cm³/mol. The van der Waals surface area contributed by atoms with Crippen LogP contribution in [-0.4, -0.2) is 18.9 Å². The van der Waals surface area contributed by atoms with E-state index in [4.69, 9.17) is 16.3 Å². The maximum Gasteiger partial charge on any atom is 0.255 e. The van der Waals surface area contributed by atoms with E-state index >= 15 is 0 Å². The molecule has 1 aliphatic rings. The van der Waals surface area contributed by atoms with Crippen molar-refractivity contribution < 1.29 is 14.3 Å². The van der Waals surface area contributed by atoms with Gasteiger partial charge in [-0.1, -0.05) is 23.7 Å². The Hall–Kier alpha value is -2.53. The number of methoxy groups -OCH3 is 1. The summed E-state index contributed by atoms with van der Waals surface area (Å²) in [6.45, 7) is 0.472. The second kappa shape index (κ2) is 7.57. The lowest BCUT2D eigenvalue weighted by molar-refractivity contribution is -0.122. The molecule has 0 spiro atoms. The summed E-state index contributed by atoms with van der Waals surface area (Å²) in [7, 11) is 1.53. The van der Waals surface area contributed by atoms with Crippen molar-refractivity contribution in [3.05, 3.63) is 58.6 Å². The molecule has 5 nitrogen and oxygen atoms in total. The quantitative estimate of drug-likeness (QED) is 0.828. The SMILES string of the molecule is COc1ccc(Cl)cc1NC(=O)c1ccc(CNC(=O)C2CC2)cc1. The number of halogens is 1. The number of hydrogen-bond acceptors (Lipinski definition) is 3. The Balaban J connectivity index is 1.62. The van der Waals surface area contributed by atoms with Gasteiger partial charge in [-0.2, -0.15) is 0 Å². The van der Waals surface area contributed by atoms with Crippen molar-refractivity contribution in [2.75, 3.05) is 12.4 Å². The Morgan fingerprint density at radius 1 is 1.16 bits per heavy atom. The van der Waals surface area contributed by atoms with E-state index in [1.807, 2.05) is 12.1 Å². The molecule has 0 radical (unpaired) electrons. The van der Waals surface area contributed by atoms with Gasteiger partial charge in [0.2, 0.25) is 5.91 Å². The number of benzene rings is 2. The zero-order chi connectivity index (χ0) is 17.8. The Kier molecular flexibility index (Phi) is 5.24. The molecule has 2 aromatic carbocycles. The Morgan fingerprint density at radius 3 is 2.52 bits per heavy atom. The van der Waals surface area contributed by atoms with Crippen LogP contribution in [0.3, 0.4) is 0 Å². The van der Waals surface area contributed by atoms with E-state index in [0.717, 1.165) is 18.4 Å². The molecule has 0 aliphatic heterocycles. The van der Waals surface area contributed by atoms with Crippen LogP contribution in [0.25, 0.3) is 0 Å². The maximum absolute atomic E-state index is 12.4. The molecule has 0 saturated heterocycles. The van der Waals surface area contributed by atoms with Crippen molar-refractivity contribution in [2.45, 2.75) is 19.4 Å². The highest BCUT2D eigenvalue weighted by atomic mass is 35.5. The largest absolute Gasteiger partial charge is 0.495 e. The molecule has 1 fully saturated rings. The fraction of sp³-hybridized carbons (Fsp3) is 0.263. The Bertz CT molecular complexity index is 786. The fourth-order valence-electron chi connectivity index (χ4n) is 2.43. The van der Waals surface area contributed by atoms with Crippen LogP contribution in [0, 0.1) is 5.92 Å². The van der Waals surface area contributed by atoms with E-state index in [0.29, 0.717) is 28.6 Å². The number of hydrogen-bond donors (Lipinski definition) is 2. The molecular formula is C19H19ClN2O3. The maximum atomic E-state index is 12.4. The highest BCUT2D eigenvalue weighted by Crippen LogP contribution is 2.29. The molecular weight excluding hydrogens is 340 g/mol. The molecule has 0 aromatic heterocycles. The lowest BCUT2D eigenvalue weighted by Gasteiger charge is -2.11. The van der Waals surface area contributed by atoms with Crippen LogP contribution in [0.2, 0.25) is 5.02 Å². The third-order valence-corrected chi connectivity index (χ3v) is 4.28. The summed E-state index contributed by atoms with van der Waals surface area (Å²) in [4.78, 5) is 24.0. The van der Waals surface area contributed by atoms with Crippen molar-refractivity contribution in [2.24, 2.45) is 5.92 Å². The van der Waals surface area contributed by atoms with Gasteiger partial charge in [0.25, 0.3) is 5.91 Å². The molecule has 130 valence electrons. The number of carbonyl (C=O) groups is 2. The Morgan fingerprint density at radius 2 is 1.88 bits per heavy atom. The van der Waals surface area contributed by atoms with Gasteiger partial charge in [-0.15, -0.1) is 0 Å². The summed E-state index contributed by atoms with van der Waals surface area (Å²) in [6, 6.07) is 12.1. The molecule has 0 atom stereocenters. The van der Waals surface area contributed by atoms with Crippen LogP contribution in [0.1, 0.15) is 28.8 Å². The van der Waals surface area contributed by atoms with Crippen molar-refractivity contribution in [1.29, 1.82) is 0 Å². The average Bonchev–Trinajstić information content (AvgIpc) is 3.45. The minimum absolute atomic E-state index is 0.106. The van der Waals surface area contributed by atoms with Gasteiger partial charge in [0.1, 0.15) is 5.75 Å². The summed E-state index contributed by atoms with van der Waals surface area (Å²) >= 11 is 5.97. The van der Waals surface area contributed by atoms with Gasteiger partial charge in [0, 0.05) is 23.0 Å². The van der Waals surface area contributed by atoms with Gasteiger partial charge in [-0.3, -0.25) is 9.59 Å². The minimum atomic E-state index is -0.255. The number of ether oxygens (including phenoxy) is 1. The molecule has 25 heavy (non-hydrogen) atoms. The van der Waals surface area contributed by atoms with Crippen molar-refractivity contribution >= 4 is 29.1 Å². The van der Waals surface area contributed by atoms with E-state index < -0.39 is 0 Å². The van der Waals surface area contributed by atoms with Crippen LogP contribution < -0.4 is 15.4 Å². The van der Waals surface area contributed by atoms with Gasteiger partial charge < -0.3 is 15.4 Å². The number of nitrogens with one attached hydrogen (secondary N) is 2. The average molecular weight is 359 g/mol. The first kappa shape index (κ1) is 17.3. The number of amides is 2. The van der Waals surface area contributed by atoms with E-state index in [2.05, 4.69) is 10.6 Å². The van der Waals surface area contributed by atoms with Crippen LogP contribution >= 0.6 is 11.6 Å². The van der Waals surface area contributed by atoms with Crippen molar-refractivity contribution in [3.63, 3.8) is 0 Å². The summed E-state index contributed by atoms with van der Waals surface area (Å²) in [6.07, 6.45) is 1.97. The molecule has 0 heterocycles. The predicted octanol–water partition coefficient (Wildman–Crippen LogP) is 3.63. The molecule has 2 amide bonds. The zero-order valence-electron chi connectivity index (χ0n) is 13.8. The number of rotatable bonds is 6. The lowest BCUT2D eigenvalue weighted by Crippen LogP contribution is -2.24. The summed E-state index contributed by atoms with van der Waals surface area (Å²) in [5.41, 5.74) is 1.98. The van der Waals surface area contributed by atoms with Crippen molar-refractivity contribution in [1.82, 2.24) is 5.32 Å². The van der Waals surface area contributed by atoms with Crippen LogP contribution in [0.5, 0.6) is 5.75 Å². The molecule has 1 aliphatic carbocycles. The van der Waals surface area contributed by atoms with Crippen LogP contribution in [0.15, 0.2) is 42.5 Å². The standard InChI is InChI=1S/C19H19ClN2O3/c1-25-17-9-8-15(20)10-16(17)22-19(24)14-4-2-12(3-5-14)11-21-18(23)13-6-7-13/h2-5,8-10,13H,6-7,11H2,1H3,(H,21,23)(H,22,24). The van der Waals surface area contributed by atoms with Crippen LogP contribution in [0.4, 0.5) is 5.69 Å². The van der Waals surface area contributed by atoms with Crippen molar-refractivity contribution in [3.8, 4) is 5.75 Å². The van der Waals surface area contributed by atoms with Gasteiger partial charge in [-0.25, -0.2) is 0 Å². The highest BCUT2D eigenvalue weighted by molar-refractivity contribution is 6.31. The van der Waals surface area contributed by atoms with Gasteiger partial charge in [-0.05, 0) is 48.7 Å². The van der Waals surface area contributed by atoms with Gasteiger partial charge in [0.05, 0.1) is 12.8 Å². The minimum Gasteiger partial charge on any atom is -0.495 e. The second-order valence-corrected chi connectivity index (χ2v) is 6.42. The van der Waals surface area contributed by atoms with E-state index in [1.165, 1.54) is 7.11 Å². The second-order valence-electron chi connectivity index (χ2n) is 5.99. The molecule has 0 unspecified atom stereocenters. The zero-order valence-corrected chi connectivity index (χ0v) is 14.6. The third kappa shape index (κ3) is 4.51. The molecule has 3 rings (SSSR count). The van der Waals surface area contributed by atoms with E-state index in [-0.39, 0.29) is 17.7 Å². The first-order chi connectivity index (χ1) is 12.1. The normalized spacial score (nSPS) is 13.2. The summed E-state index contributed by atoms with van der Waals surface area (Å²) in [5, 5.41) is 6.21. The first-order valence-electron chi connectivity index (χ1n) is 8.08. The Labute approximate surface area is 151 Å². The lowest BCUT2D eigenvalue weighted by atomic mass is 10.1. The summed E-state index contributed by atoms with van der Waals surface area (Å²) < 4.78 is 5.22. The monoisotopic (exact) mass is 358 g/mol. The third-order valence-electron chi connectivity index (χ3n) is 4.04. The first-order valence-corrected chi connectivity index (χ1v) is 8.46.